The highest BCUT2D eigenvalue weighted by Crippen LogP contribution is 2.34. The van der Waals surface area contributed by atoms with Gasteiger partial charge >= 0.3 is 5.97 Å². The quantitative estimate of drug-likeness (QED) is 0.351. The number of carbonyl (C=O) groups is 2. The third kappa shape index (κ3) is 4.92. The van der Waals surface area contributed by atoms with Gasteiger partial charge in [0.25, 0.3) is 5.91 Å². The number of amides is 1. The maximum atomic E-state index is 12.5. The van der Waals surface area contributed by atoms with Crippen molar-refractivity contribution in [2.24, 2.45) is 11.8 Å². The lowest BCUT2D eigenvalue weighted by molar-refractivity contribution is -0.135. The molecule has 2 aliphatic carbocycles. The van der Waals surface area contributed by atoms with Gasteiger partial charge in [0.15, 0.2) is 11.5 Å². The van der Waals surface area contributed by atoms with E-state index >= 15 is 0 Å². The molecule has 0 heterocycles. The molecule has 1 aromatic carbocycles. The average Bonchev–Trinajstić information content (AvgIpc) is 3.54. The zero-order chi connectivity index (χ0) is 20.1. The molecule has 2 aliphatic rings. The molecule has 1 N–H and O–H groups in total. The third-order valence-electron chi connectivity index (χ3n) is 5.41. The average molecular weight is 382 g/mol. The Morgan fingerprint density at radius 3 is 2.57 bits per heavy atom. The first-order valence-corrected chi connectivity index (χ1v) is 9.84. The molecule has 6 heteroatoms. The molecule has 1 aromatic rings. The third-order valence-corrected chi connectivity index (χ3v) is 5.41. The van der Waals surface area contributed by atoms with Crippen molar-refractivity contribution in [3.8, 4) is 17.6 Å². The molecule has 0 aromatic heterocycles. The Hall–Kier alpha value is -2.81. The van der Waals surface area contributed by atoms with Crippen LogP contribution in [0.15, 0.2) is 23.8 Å². The van der Waals surface area contributed by atoms with Gasteiger partial charge in [0.1, 0.15) is 11.6 Å². The first-order chi connectivity index (χ1) is 13.5. The smallest absolute Gasteiger partial charge is 0.314 e. The lowest BCUT2D eigenvalue weighted by Gasteiger charge is -2.29. The van der Waals surface area contributed by atoms with Crippen LogP contribution in [-0.2, 0) is 9.59 Å². The summed E-state index contributed by atoms with van der Waals surface area (Å²) in [5.41, 5.74) is 0.675. The molecule has 0 spiro atoms. The second-order valence-electron chi connectivity index (χ2n) is 7.62. The van der Waals surface area contributed by atoms with Crippen molar-refractivity contribution in [2.45, 2.75) is 51.5 Å². The van der Waals surface area contributed by atoms with Crippen molar-refractivity contribution in [1.29, 1.82) is 5.26 Å². The van der Waals surface area contributed by atoms with Crippen LogP contribution in [0.1, 0.15) is 51.0 Å². The molecule has 0 unspecified atom stereocenters. The number of rotatable bonds is 6. The van der Waals surface area contributed by atoms with Gasteiger partial charge in [-0.15, -0.1) is 0 Å². The van der Waals surface area contributed by atoms with E-state index in [1.165, 1.54) is 19.6 Å². The minimum atomic E-state index is -0.357. The van der Waals surface area contributed by atoms with E-state index in [2.05, 4.69) is 12.2 Å². The van der Waals surface area contributed by atoms with Gasteiger partial charge in [0, 0.05) is 6.04 Å². The van der Waals surface area contributed by atoms with Gasteiger partial charge in [0.05, 0.1) is 13.0 Å². The summed E-state index contributed by atoms with van der Waals surface area (Å²) < 4.78 is 10.7. The Balaban J connectivity index is 1.73. The number of nitrogens with zero attached hydrogens (tertiary/aromatic N) is 1. The van der Waals surface area contributed by atoms with E-state index in [4.69, 9.17) is 9.47 Å². The van der Waals surface area contributed by atoms with Crippen molar-refractivity contribution < 1.29 is 19.1 Å². The molecule has 2 saturated carbocycles. The fourth-order valence-corrected chi connectivity index (χ4v) is 3.46. The highest BCUT2D eigenvalue weighted by atomic mass is 16.6. The largest absolute Gasteiger partial charge is 0.493 e. The summed E-state index contributed by atoms with van der Waals surface area (Å²) in [6, 6.07) is 7.08. The van der Waals surface area contributed by atoms with Gasteiger partial charge in [-0.3, -0.25) is 9.59 Å². The van der Waals surface area contributed by atoms with Crippen LogP contribution < -0.4 is 14.8 Å². The van der Waals surface area contributed by atoms with E-state index in [0.29, 0.717) is 23.0 Å². The van der Waals surface area contributed by atoms with Crippen molar-refractivity contribution in [1.82, 2.24) is 5.32 Å². The molecule has 0 saturated heterocycles. The summed E-state index contributed by atoms with van der Waals surface area (Å²) in [6.07, 6.45) is 7.57. The lowest BCUT2D eigenvalue weighted by Crippen LogP contribution is -2.41. The second-order valence-corrected chi connectivity index (χ2v) is 7.62. The van der Waals surface area contributed by atoms with Crippen LogP contribution in [-0.4, -0.2) is 25.0 Å². The van der Waals surface area contributed by atoms with Gasteiger partial charge in [-0.2, -0.15) is 5.26 Å². The normalized spacial score (nSPS) is 22.1. The predicted molar refractivity (Wildman–Crippen MR) is 105 cm³/mol. The van der Waals surface area contributed by atoms with Crippen LogP contribution in [0.5, 0.6) is 11.5 Å². The zero-order valence-corrected chi connectivity index (χ0v) is 16.4. The monoisotopic (exact) mass is 382 g/mol. The van der Waals surface area contributed by atoms with Gasteiger partial charge in [-0.25, -0.2) is 0 Å². The Bertz CT molecular complexity index is 820. The first-order valence-electron chi connectivity index (χ1n) is 9.84. The molecule has 2 fully saturated rings. The summed E-state index contributed by atoms with van der Waals surface area (Å²) >= 11 is 0. The number of nitrogens with one attached hydrogen (secondary N) is 1. The topological polar surface area (TPSA) is 88.4 Å². The second kappa shape index (κ2) is 8.92. The van der Waals surface area contributed by atoms with Crippen LogP contribution in [0.4, 0.5) is 0 Å². The maximum absolute atomic E-state index is 12.5. The van der Waals surface area contributed by atoms with E-state index in [9.17, 15) is 14.9 Å². The molecule has 2 atom stereocenters. The molecular weight excluding hydrogens is 356 g/mol. The zero-order valence-electron chi connectivity index (χ0n) is 16.4. The van der Waals surface area contributed by atoms with E-state index < -0.39 is 0 Å². The Morgan fingerprint density at radius 1 is 1.18 bits per heavy atom. The molecule has 1 amide bonds. The number of methoxy groups -OCH3 is 1. The Labute approximate surface area is 165 Å². The van der Waals surface area contributed by atoms with E-state index in [1.54, 1.807) is 18.2 Å². The van der Waals surface area contributed by atoms with E-state index in [-0.39, 0.29) is 29.4 Å². The summed E-state index contributed by atoms with van der Waals surface area (Å²) in [5.74, 6) is 0.528. The van der Waals surface area contributed by atoms with Gasteiger partial charge < -0.3 is 14.8 Å². The molecule has 148 valence electrons. The number of nitriles is 1. The first kappa shape index (κ1) is 19.9. The number of hydrogen-bond acceptors (Lipinski definition) is 5. The highest BCUT2D eigenvalue weighted by Gasteiger charge is 2.32. The van der Waals surface area contributed by atoms with Gasteiger partial charge in [-0.1, -0.05) is 25.8 Å². The Morgan fingerprint density at radius 2 is 1.93 bits per heavy atom. The summed E-state index contributed by atoms with van der Waals surface area (Å²) in [5, 5.41) is 12.4. The minimum Gasteiger partial charge on any atom is -0.493 e. The number of ether oxygens (including phenoxy) is 2. The van der Waals surface area contributed by atoms with Crippen molar-refractivity contribution >= 4 is 18.0 Å². The summed E-state index contributed by atoms with van der Waals surface area (Å²) in [6.45, 7) is 2.13. The van der Waals surface area contributed by atoms with Crippen molar-refractivity contribution in [3.05, 3.63) is 29.3 Å². The molecule has 3 rings (SSSR count). The minimum absolute atomic E-state index is 0.0136. The molecule has 0 aliphatic heterocycles. The van der Waals surface area contributed by atoms with Gasteiger partial charge in [0.2, 0.25) is 0 Å². The molecular formula is C22H26N2O4. The van der Waals surface area contributed by atoms with E-state index in [1.807, 2.05) is 6.07 Å². The number of benzene rings is 1. The number of hydrogen-bond donors (Lipinski definition) is 1. The lowest BCUT2D eigenvalue weighted by atomic mass is 9.86. The highest BCUT2D eigenvalue weighted by molar-refractivity contribution is 6.01. The molecule has 6 nitrogen and oxygen atoms in total. The van der Waals surface area contributed by atoms with Crippen LogP contribution in [0.2, 0.25) is 0 Å². The number of carbonyl (C=O) groups excluding carboxylic acids is 2. The fraction of sp³-hybridized carbons (Fsp3) is 0.500. The predicted octanol–water partition coefficient (Wildman–Crippen LogP) is 3.61. The summed E-state index contributed by atoms with van der Waals surface area (Å²) in [7, 11) is 1.49. The fourth-order valence-electron chi connectivity index (χ4n) is 3.46. The standard InChI is InChI=1S/C22H26N2O4/c1-14-5-3-4-6-18(14)24-21(25)17(13-23)11-15-7-10-19(20(12-15)27-2)28-22(26)16-8-9-16/h7,10-12,14,16,18H,3-6,8-9H2,1-2H3,(H,24,25)/b17-11+/t14-,18+/m1/s1. The van der Waals surface area contributed by atoms with Crippen LogP contribution in [0.25, 0.3) is 6.08 Å². The Kier molecular flexibility index (Phi) is 6.35. The van der Waals surface area contributed by atoms with Crippen LogP contribution in [0, 0.1) is 23.2 Å². The number of esters is 1. The SMILES string of the molecule is COc1cc(/C=C(\C#N)C(=O)N[C@H]2CCCC[C@H]2C)ccc1OC(=O)C1CC1. The van der Waals surface area contributed by atoms with E-state index in [0.717, 1.165) is 32.1 Å². The van der Waals surface area contributed by atoms with Crippen LogP contribution >= 0.6 is 0 Å². The van der Waals surface area contributed by atoms with Crippen molar-refractivity contribution in [3.63, 3.8) is 0 Å². The maximum Gasteiger partial charge on any atom is 0.314 e. The van der Waals surface area contributed by atoms with Gasteiger partial charge in [-0.05, 0) is 55.4 Å². The molecule has 0 radical (unpaired) electrons. The summed E-state index contributed by atoms with van der Waals surface area (Å²) in [4.78, 5) is 24.4. The van der Waals surface area contributed by atoms with Crippen LogP contribution in [0.3, 0.4) is 0 Å². The molecule has 28 heavy (non-hydrogen) atoms. The van der Waals surface area contributed by atoms with Crippen molar-refractivity contribution in [2.75, 3.05) is 7.11 Å². The molecule has 0 bridgehead atoms.